The van der Waals surface area contributed by atoms with Crippen LogP contribution < -0.4 is 20.8 Å². The second-order valence-electron chi connectivity index (χ2n) is 7.21. The highest BCUT2D eigenvalue weighted by Crippen LogP contribution is 2.38. The number of amides is 2. The van der Waals surface area contributed by atoms with Crippen molar-refractivity contribution in [1.82, 2.24) is 10.6 Å². The highest BCUT2D eigenvalue weighted by atomic mass is 35.5. The highest BCUT2D eigenvalue weighted by Gasteiger charge is 2.42. The Bertz CT molecular complexity index is 810. The minimum atomic E-state index is -0.507. The van der Waals surface area contributed by atoms with Gasteiger partial charge in [-0.3, -0.25) is 9.59 Å². The average molecular weight is 412 g/mol. The topological polar surface area (TPSA) is 61.4 Å². The van der Waals surface area contributed by atoms with E-state index in [-0.39, 0.29) is 22.3 Å². The quantitative estimate of drug-likeness (QED) is 0.444. The van der Waals surface area contributed by atoms with Gasteiger partial charge in [0.1, 0.15) is 11.9 Å². The van der Waals surface area contributed by atoms with Gasteiger partial charge < -0.3 is 15.5 Å². The van der Waals surface area contributed by atoms with E-state index < -0.39 is 11.9 Å². The van der Waals surface area contributed by atoms with E-state index in [4.69, 9.17) is 11.6 Å². The van der Waals surface area contributed by atoms with Gasteiger partial charge in [0.2, 0.25) is 11.8 Å². The Morgan fingerprint density at radius 1 is 1.44 bits per heavy atom. The van der Waals surface area contributed by atoms with Crippen LogP contribution >= 0.6 is 20.8 Å². The molecule has 1 aromatic carbocycles. The lowest BCUT2D eigenvalue weighted by Crippen LogP contribution is -2.44. The molecular formula is C19H24ClFN3O2P. The molecule has 0 radical (unpaired) electrons. The second-order valence-corrected chi connectivity index (χ2v) is 8.17. The van der Waals surface area contributed by atoms with Gasteiger partial charge in [-0.1, -0.05) is 32.0 Å². The monoisotopic (exact) mass is 411 g/mol. The predicted octanol–water partition coefficient (Wildman–Crippen LogP) is 2.52. The number of carbonyl (C=O) groups excluding carboxylic acids is 2. The number of nitrogens with one attached hydrogen (secondary N) is 2. The lowest BCUT2D eigenvalue weighted by atomic mass is 9.90. The van der Waals surface area contributed by atoms with Gasteiger partial charge >= 0.3 is 0 Å². The van der Waals surface area contributed by atoms with Crippen LogP contribution in [0.3, 0.4) is 0 Å². The summed E-state index contributed by atoms with van der Waals surface area (Å²) in [7, 11) is 3.95. The van der Waals surface area contributed by atoms with Crippen LogP contribution in [-0.2, 0) is 9.59 Å². The van der Waals surface area contributed by atoms with Crippen LogP contribution in [0.1, 0.15) is 20.3 Å². The number of halogens is 2. The van der Waals surface area contributed by atoms with Crippen molar-refractivity contribution >= 4 is 43.6 Å². The van der Waals surface area contributed by atoms with Gasteiger partial charge in [-0.2, -0.15) is 0 Å². The van der Waals surface area contributed by atoms with E-state index in [1.54, 1.807) is 6.07 Å². The van der Waals surface area contributed by atoms with Crippen molar-refractivity contribution in [3.8, 4) is 0 Å². The molecule has 1 fully saturated rings. The maximum atomic E-state index is 13.7. The van der Waals surface area contributed by atoms with Crippen LogP contribution in [0.2, 0.25) is 5.02 Å². The molecule has 1 aromatic rings. The van der Waals surface area contributed by atoms with Gasteiger partial charge in [-0.15, -0.1) is 9.24 Å². The Morgan fingerprint density at radius 2 is 2.11 bits per heavy atom. The van der Waals surface area contributed by atoms with E-state index in [1.165, 1.54) is 25.3 Å². The molecule has 0 bridgehead atoms. The molecule has 2 amide bonds. The number of rotatable bonds is 5. The summed E-state index contributed by atoms with van der Waals surface area (Å²) < 4.78 is 13.7. The zero-order valence-corrected chi connectivity index (χ0v) is 17.5. The molecule has 2 atom stereocenters. The summed E-state index contributed by atoms with van der Waals surface area (Å²) >= 11 is 6.05. The van der Waals surface area contributed by atoms with Crippen molar-refractivity contribution in [2.45, 2.75) is 26.3 Å². The molecule has 1 saturated heterocycles. The first-order chi connectivity index (χ1) is 12.6. The predicted molar refractivity (Wildman–Crippen MR) is 111 cm³/mol. The number of hydrogen-bond acceptors (Lipinski definition) is 3. The summed E-state index contributed by atoms with van der Waals surface area (Å²) in [6.07, 6.45) is 3.28. The van der Waals surface area contributed by atoms with Crippen LogP contribution in [0.15, 0.2) is 36.6 Å². The van der Waals surface area contributed by atoms with E-state index in [0.717, 1.165) is 0 Å². The van der Waals surface area contributed by atoms with Crippen LogP contribution in [0.25, 0.3) is 0 Å². The van der Waals surface area contributed by atoms with Crippen molar-refractivity contribution in [2.24, 2.45) is 5.41 Å². The van der Waals surface area contributed by atoms with E-state index in [0.29, 0.717) is 29.7 Å². The third-order valence-electron chi connectivity index (χ3n) is 4.46. The summed E-state index contributed by atoms with van der Waals surface area (Å²) in [6, 6.07) is 2.43. The standard InChI is InChI=1S/C19H24ClFN3O2P/c1-5-11(8-15(25)22-4)23-18(26)14-9-19(2,3)10-24(14)13-7-6-12(21)16(20)17(13)27/h5-8,14H,1,9-10,27H2,2-4H3,(H,22,25)(H,23,26)/b11-8+. The number of allylic oxidation sites excluding steroid dienone is 1. The fraction of sp³-hybridized carbons (Fsp3) is 0.368. The van der Waals surface area contributed by atoms with Gasteiger partial charge in [-0.25, -0.2) is 4.39 Å². The zero-order chi connectivity index (χ0) is 20.4. The van der Waals surface area contributed by atoms with Crippen LogP contribution in [0.4, 0.5) is 10.1 Å². The van der Waals surface area contributed by atoms with Crippen molar-refractivity contribution in [2.75, 3.05) is 18.5 Å². The molecule has 2 unspecified atom stereocenters. The lowest BCUT2D eigenvalue weighted by Gasteiger charge is -2.28. The first kappa shape index (κ1) is 21.4. The van der Waals surface area contributed by atoms with Crippen LogP contribution in [0, 0.1) is 11.2 Å². The second kappa shape index (κ2) is 8.41. The lowest BCUT2D eigenvalue weighted by molar-refractivity contribution is -0.121. The third kappa shape index (κ3) is 4.88. The maximum Gasteiger partial charge on any atom is 0.247 e. The fourth-order valence-corrected chi connectivity index (χ4v) is 3.71. The molecule has 8 heteroatoms. The molecule has 1 aliphatic heterocycles. The molecule has 1 heterocycles. The van der Waals surface area contributed by atoms with Gasteiger partial charge in [-0.05, 0) is 30.0 Å². The molecule has 2 N–H and O–H groups in total. The van der Waals surface area contributed by atoms with Gasteiger partial charge in [0, 0.05) is 36.4 Å². The number of benzene rings is 1. The smallest absolute Gasteiger partial charge is 0.247 e. The molecule has 0 saturated carbocycles. The summed E-state index contributed by atoms with van der Waals surface area (Å²) in [5, 5.41) is 5.74. The molecular weight excluding hydrogens is 388 g/mol. The number of anilines is 1. The molecule has 2 rings (SSSR count). The number of likely N-dealkylation sites (N-methyl/N-ethyl adjacent to an activating group) is 1. The van der Waals surface area contributed by atoms with E-state index in [9.17, 15) is 14.0 Å². The Labute approximate surface area is 166 Å². The molecule has 1 aliphatic rings. The molecule has 0 aliphatic carbocycles. The van der Waals surface area contributed by atoms with Gasteiger partial charge in [0.15, 0.2) is 0 Å². The summed E-state index contributed by atoms with van der Waals surface area (Å²) in [5.41, 5.74) is 0.874. The Balaban J connectivity index is 2.34. The fourth-order valence-electron chi connectivity index (χ4n) is 3.15. The number of nitrogens with zero attached hydrogens (tertiary/aromatic N) is 1. The van der Waals surface area contributed by atoms with Crippen molar-refractivity contribution in [1.29, 1.82) is 0 Å². The number of carbonyl (C=O) groups is 2. The van der Waals surface area contributed by atoms with Crippen molar-refractivity contribution in [3.05, 3.63) is 47.4 Å². The van der Waals surface area contributed by atoms with Gasteiger partial charge in [0.05, 0.1) is 5.02 Å². The molecule has 146 valence electrons. The zero-order valence-electron chi connectivity index (χ0n) is 15.6. The molecule has 0 aromatic heterocycles. The van der Waals surface area contributed by atoms with E-state index >= 15 is 0 Å². The van der Waals surface area contributed by atoms with Gasteiger partial charge in [0.25, 0.3) is 0 Å². The first-order valence-electron chi connectivity index (χ1n) is 8.46. The summed E-state index contributed by atoms with van der Waals surface area (Å²) in [6.45, 7) is 8.37. The largest absolute Gasteiger partial charge is 0.358 e. The molecule has 0 spiro atoms. The maximum absolute atomic E-state index is 13.7. The minimum Gasteiger partial charge on any atom is -0.358 e. The number of hydrogen-bond donors (Lipinski definition) is 2. The van der Waals surface area contributed by atoms with Crippen LogP contribution in [-0.4, -0.2) is 31.4 Å². The van der Waals surface area contributed by atoms with Crippen molar-refractivity contribution in [3.63, 3.8) is 0 Å². The molecule has 5 nitrogen and oxygen atoms in total. The Hall–Kier alpha value is -1.91. The Morgan fingerprint density at radius 3 is 2.70 bits per heavy atom. The molecule has 27 heavy (non-hydrogen) atoms. The van der Waals surface area contributed by atoms with Crippen LogP contribution in [0.5, 0.6) is 0 Å². The van der Waals surface area contributed by atoms with E-state index in [1.807, 2.05) is 4.90 Å². The first-order valence-corrected chi connectivity index (χ1v) is 9.42. The summed E-state index contributed by atoms with van der Waals surface area (Å²) in [5.74, 6) is -1.11. The minimum absolute atomic E-state index is 0.0210. The highest BCUT2D eigenvalue weighted by molar-refractivity contribution is 7.28. The third-order valence-corrected chi connectivity index (χ3v) is 5.61. The normalized spacial score (nSPS) is 19.0. The Kier molecular flexibility index (Phi) is 6.66. The summed E-state index contributed by atoms with van der Waals surface area (Å²) in [4.78, 5) is 26.4. The van der Waals surface area contributed by atoms with Crippen molar-refractivity contribution < 1.29 is 14.0 Å². The average Bonchev–Trinajstić information content (AvgIpc) is 2.94. The SMILES string of the molecule is C=C/C(=C\C(=O)NC)NC(=O)C1CC(C)(C)CN1c1ccc(F)c(Cl)c1P. The van der Waals surface area contributed by atoms with E-state index in [2.05, 4.69) is 40.3 Å².